The van der Waals surface area contributed by atoms with E-state index in [0.29, 0.717) is 23.7 Å². The molecule has 0 saturated heterocycles. The molecule has 4 nitrogen and oxygen atoms in total. The molecule has 0 bridgehead atoms. The normalized spacial score (nSPS) is 10.2. The van der Waals surface area contributed by atoms with Gasteiger partial charge >= 0.3 is 5.97 Å². The lowest BCUT2D eigenvalue weighted by atomic mass is 10.1. The van der Waals surface area contributed by atoms with Crippen molar-refractivity contribution in [3.8, 4) is 0 Å². The van der Waals surface area contributed by atoms with Gasteiger partial charge in [-0.2, -0.15) is 0 Å². The first kappa shape index (κ1) is 18.0. The number of amides is 1. The van der Waals surface area contributed by atoms with Crippen LogP contribution in [0.4, 0.5) is 0 Å². The van der Waals surface area contributed by atoms with Crippen LogP contribution in [-0.2, 0) is 16.1 Å². The summed E-state index contributed by atoms with van der Waals surface area (Å²) in [5.41, 5.74) is 1.42. The second-order valence-electron chi connectivity index (χ2n) is 5.24. The number of ether oxygens (including phenoxy) is 1. The maximum Gasteiger partial charge on any atom is 0.307 e. The van der Waals surface area contributed by atoms with Crippen LogP contribution in [-0.4, -0.2) is 29.9 Å². The van der Waals surface area contributed by atoms with E-state index in [9.17, 15) is 9.59 Å². The number of hydrogen-bond donors (Lipinski definition) is 0. The smallest absolute Gasteiger partial charge is 0.307 e. The summed E-state index contributed by atoms with van der Waals surface area (Å²) in [6.45, 7) is 2.70. The molecule has 0 fully saturated rings. The number of hydrogen-bond acceptors (Lipinski definition) is 3. The third kappa shape index (κ3) is 5.10. The maximum atomic E-state index is 12.8. The molecule has 0 spiro atoms. The lowest BCUT2D eigenvalue weighted by molar-refractivity contribution is -0.143. The molecule has 0 saturated carbocycles. The van der Waals surface area contributed by atoms with Gasteiger partial charge in [0.1, 0.15) is 0 Å². The third-order valence-electron chi connectivity index (χ3n) is 3.52. The van der Waals surface area contributed by atoms with E-state index in [1.807, 2.05) is 36.4 Å². The molecule has 1 amide bonds. The number of benzene rings is 2. The van der Waals surface area contributed by atoms with Crippen molar-refractivity contribution in [3.05, 3.63) is 70.7 Å². The Morgan fingerprint density at radius 3 is 2.38 bits per heavy atom. The summed E-state index contributed by atoms with van der Waals surface area (Å²) < 4.78 is 4.95. The SMILES string of the molecule is CCOC(=O)CCN(Cc1ccccc1Cl)C(=O)c1ccccc1. The Bertz CT molecular complexity index is 688. The predicted molar refractivity (Wildman–Crippen MR) is 93.9 cm³/mol. The van der Waals surface area contributed by atoms with Crippen molar-refractivity contribution in [1.29, 1.82) is 0 Å². The van der Waals surface area contributed by atoms with Crippen LogP contribution in [0.3, 0.4) is 0 Å². The van der Waals surface area contributed by atoms with Crippen molar-refractivity contribution in [1.82, 2.24) is 4.90 Å². The Morgan fingerprint density at radius 2 is 1.71 bits per heavy atom. The highest BCUT2D eigenvalue weighted by Crippen LogP contribution is 2.18. The summed E-state index contributed by atoms with van der Waals surface area (Å²) >= 11 is 6.20. The molecular weight excluding hydrogens is 326 g/mol. The Hall–Kier alpha value is -2.33. The van der Waals surface area contributed by atoms with Gasteiger partial charge in [0, 0.05) is 23.7 Å². The van der Waals surface area contributed by atoms with Crippen molar-refractivity contribution in [2.75, 3.05) is 13.2 Å². The first-order valence-corrected chi connectivity index (χ1v) is 8.23. The first-order chi connectivity index (χ1) is 11.6. The van der Waals surface area contributed by atoms with E-state index < -0.39 is 0 Å². The van der Waals surface area contributed by atoms with Crippen LogP contribution < -0.4 is 0 Å². The van der Waals surface area contributed by atoms with Crippen LogP contribution in [0.5, 0.6) is 0 Å². The fraction of sp³-hybridized carbons (Fsp3) is 0.263. The zero-order chi connectivity index (χ0) is 17.4. The number of rotatable bonds is 7. The third-order valence-corrected chi connectivity index (χ3v) is 3.89. The highest BCUT2D eigenvalue weighted by molar-refractivity contribution is 6.31. The fourth-order valence-electron chi connectivity index (χ4n) is 2.31. The van der Waals surface area contributed by atoms with Crippen molar-refractivity contribution >= 4 is 23.5 Å². The van der Waals surface area contributed by atoms with E-state index in [1.165, 1.54) is 0 Å². The van der Waals surface area contributed by atoms with Gasteiger partial charge in [0.15, 0.2) is 0 Å². The minimum absolute atomic E-state index is 0.139. The fourth-order valence-corrected chi connectivity index (χ4v) is 2.50. The zero-order valence-corrected chi connectivity index (χ0v) is 14.3. The molecule has 0 unspecified atom stereocenters. The summed E-state index contributed by atoms with van der Waals surface area (Å²) in [6.07, 6.45) is 0.150. The molecule has 5 heteroatoms. The van der Waals surface area contributed by atoms with Gasteiger partial charge in [-0.3, -0.25) is 9.59 Å². The topological polar surface area (TPSA) is 46.6 Å². The lowest BCUT2D eigenvalue weighted by Gasteiger charge is -2.23. The van der Waals surface area contributed by atoms with E-state index in [1.54, 1.807) is 30.0 Å². The molecule has 0 aromatic heterocycles. The molecular formula is C19H20ClNO3. The molecule has 0 radical (unpaired) electrons. The Labute approximate surface area is 147 Å². The van der Waals surface area contributed by atoms with Gasteiger partial charge in [0.05, 0.1) is 13.0 Å². The summed E-state index contributed by atoms with van der Waals surface area (Å²) in [7, 11) is 0. The molecule has 0 N–H and O–H groups in total. The Morgan fingerprint density at radius 1 is 1.04 bits per heavy atom. The average molecular weight is 346 g/mol. The van der Waals surface area contributed by atoms with Crippen LogP contribution >= 0.6 is 11.6 Å². The van der Waals surface area contributed by atoms with Gasteiger partial charge < -0.3 is 9.64 Å². The van der Waals surface area contributed by atoms with Crippen LogP contribution in [0.25, 0.3) is 0 Å². The van der Waals surface area contributed by atoms with Crippen molar-refractivity contribution in [3.63, 3.8) is 0 Å². The second kappa shape index (κ2) is 9.08. The van der Waals surface area contributed by atoms with Crippen LogP contribution in [0.15, 0.2) is 54.6 Å². The van der Waals surface area contributed by atoms with Gasteiger partial charge in [-0.1, -0.05) is 48.0 Å². The minimum Gasteiger partial charge on any atom is -0.466 e. The number of nitrogens with zero attached hydrogens (tertiary/aromatic N) is 1. The number of halogens is 1. The van der Waals surface area contributed by atoms with Gasteiger partial charge in [0.25, 0.3) is 5.91 Å². The quantitative estimate of drug-likeness (QED) is 0.714. The minimum atomic E-state index is -0.317. The zero-order valence-electron chi connectivity index (χ0n) is 13.6. The van der Waals surface area contributed by atoms with Gasteiger partial charge in [-0.15, -0.1) is 0 Å². The number of esters is 1. The molecule has 0 heterocycles. The summed E-state index contributed by atoms with van der Waals surface area (Å²) in [4.78, 5) is 26.0. The van der Waals surface area contributed by atoms with Crippen LogP contribution in [0.2, 0.25) is 5.02 Å². The molecule has 0 aliphatic heterocycles. The molecule has 0 aliphatic rings. The lowest BCUT2D eigenvalue weighted by Crippen LogP contribution is -2.33. The summed E-state index contributed by atoms with van der Waals surface area (Å²) in [5.74, 6) is -0.456. The highest BCUT2D eigenvalue weighted by Gasteiger charge is 2.18. The van der Waals surface area contributed by atoms with E-state index in [2.05, 4.69) is 0 Å². The molecule has 2 aromatic rings. The van der Waals surface area contributed by atoms with Crippen molar-refractivity contribution in [2.45, 2.75) is 19.9 Å². The number of carbonyl (C=O) groups is 2. The second-order valence-corrected chi connectivity index (χ2v) is 5.65. The molecule has 24 heavy (non-hydrogen) atoms. The van der Waals surface area contributed by atoms with Crippen molar-refractivity contribution in [2.24, 2.45) is 0 Å². The molecule has 0 aliphatic carbocycles. The highest BCUT2D eigenvalue weighted by atomic mass is 35.5. The molecule has 0 atom stereocenters. The van der Waals surface area contributed by atoms with Crippen molar-refractivity contribution < 1.29 is 14.3 Å². The molecule has 2 rings (SSSR count). The van der Waals surface area contributed by atoms with E-state index in [0.717, 1.165) is 5.56 Å². The summed E-state index contributed by atoms with van der Waals surface area (Å²) in [6, 6.07) is 16.4. The van der Waals surface area contributed by atoms with E-state index in [4.69, 9.17) is 16.3 Å². The summed E-state index contributed by atoms with van der Waals surface area (Å²) in [5, 5.41) is 0.597. The van der Waals surface area contributed by atoms with Crippen LogP contribution in [0.1, 0.15) is 29.3 Å². The van der Waals surface area contributed by atoms with Crippen LogP contribution in [0, 0.1) is 0 Å². The van der Waals surface area contributed by atoms with E-state index >= 15 is 0 Å². The van der Waals surface area contributed by atoms with Gasteiger partial charge in [-0.25, -0.2) is 0 Å². The number of carbonyl (C=O) groups excluding carboxylic acids is 2. The molecule has 2 aromatic carbocycles. The Kier molecular flexibility index (Phi) is 6.82. The van der Waals surface area contributed by atoms with Gasteiger partial charge in [0.2, 0.25) is 0 Å². The standard InChI is InChI=1S/C19H20ClNO3/c1-2-24-18(22)12-13-21(14-16-10-6-7-11-17(16)20)19(23)15-8-4-3-5-9-15/h3-11H,2,12-14H2,1H3. The Balaban J connectivity index is 2.16. The van der Waals surface area contributed by atoms with Gasteiger partial charge in [-0.05, 0) is 30.7 Å². The average Bonchev–Trinajstić information content (AvgIpc) is 2.60. The maximum absolute atomic E-state index is 12.8. The predicted octanol–water partition coefficient (Wildman–Crippen LogP) is 3.94. The molecule has 126 valence electrons. The largest absolute Gasteiger partial charge is 0.466 e. The monoisotopic (exact) mass is 345 g/mol. The first-order valence-electron chi connectivity index (χ1n) is 7.85. The van der Waals surface area contributed by atoms with E-state index in [-0.39, 0.29) is 24.8 Å².